The highest BCUT2D eigenvalue weighted by molar-refractivity contribution is 6.04. The molecule has 6 nitrogen and oxygen atoms in total. The molecule has 3 rings (SSSR count). The molecule has 7 heteroatoms. The van der Waals surface area contributed by atoms with Crippen LogP contribution in [0.5, 0.6) is 0 Å². The summed E-state index contributed by atoms with van der Waals surface area (Å²) in [5.41, 5.74) is 3.01. The quantitative estimate of drug-likeness (QED) is 0.505. The first-order valence-corrected chi connectivity index (χ1v) is 10.2. The Hall–Kier alpha value is -4.00. The second kappa shape index (κ2) is 10.9. The van der Waals surface area contributed by atoms with Crippen molar-refractivity contribution in [3.8, 4) is 0 Å². The number of aryl methyl sites for hydroxylation is 1. The number of rotatable bonds is 8. The zero-order chi connectivity index (χ0) is 22.9. The van der Waals surface area contributed by atoms with Gasteiger partial charge in [0, 0.05) is 36.3 Å². The lowest BCUT2D eigenvalue weighted by atomic mass is 10.1. The van der Waals surface area contributed by atoms with Crippen LogP contribution in [-0.4, -0.2) is 24.3 Å². The molecular weight excluding hydrogens is 409 g/mol. The van der Waals surface area contributed by atoms with Crippen molar-refractivity contribution in [3.05, 3.63) is 101 Å². The van der Waals surface area contributed by atoms with E-state index >= 15 is 0 Å². The maximum absolute atomic E-state index is 13.3. The average Bonchev–Trinajstić information content (AvgIpc) is 2.78. The highest BCUT2D eigenvalue weighted by Crippen LogP contribution is 2.13. The monoisotopic (exact) mass is 433 g/mol. The first-order chi connectivity index (χ1) is 15.4. The predicted molar refractivity (Wildman–Crippen MR) is 121 cm³/mol. The summed E-state index contributed by atoms with van der Waals surface area (Å²) in [4.78, 5) is 36.5. The van der Waals surface area contributed by atoms with Crippen molar-refractivity contribution in [1.29, 1.82) is 0 Å². The van der Waals surface area contributed by atoms with Crippen molar-refractivity contribution >= 4 is 23.4 Å². The number of halogens is 1. The first kappa shape index (κ1) is 22.7. The zero-order valence-electron chi connectivity index (χ0n) is 17.7. The zero-order valence-corrected chi connectivity index (χ0v) is 17.7. The summed E-state index contributed by atoms with van der Waals surface area (Å²) < 4.78 is 13.3. The molecule has 0 saturated heterocycles. The number of carbonyl (C=O) groups excluding carboxylic acids is 3. The third-order valence-electron chi connectivity index (χ3n) is 4.79. The van der Waals surface area contributed by atoms with E-state index in [1.807, 2.05) is 25.1 Å². The fourth-order valence-electron chi connectivity index (χ4n) is 3.09. The molecule has 3 aromatic rings. The summed E-state index contributed by atoms with van der Waals surface area (Å²) >= 11 is 0. The van der Waals surface area contributed by atoms with Crippen molar-refractivity contribution in [3.63, 3.8) is 0 Å². The Bertz CT molecular complexity index is 1130. The molecule has 0 aromatic heterocycles. The van der Waals surface area contributed by atoms with Crippen LogP contribution in [0.4, 0.5) is 10.1 Å². The van der Waals surface area contributed by atoms with Gasteiger partial charge in [0.25, 0.3) is 11.8 Å². The van der Waals surface area contributed by atoms with E-state index in [0.29, 0.717) is 11.3 Å². The van der Waals surface area contributed by atoms with Crippen LogP contribution in [0, 0.1) is 12.7 Å². The van der Waals surface area contributed by atoms with Gasteiger partial charge in [-0.05, 0) is 54.4 Å². The molecule has 0 aliphatic rings. The maximum atomic E-state index is 13.3. The predicted octanol–water partition coefficient (Wildman–Crippen LogP) is 3.82. The molecule has 0 fully saturated rings. The van der Waals surface area contributed by atoms with Crippen molar-refractivity contribution in [2.75, 3.05) is 11.9 Å². The molecule has 3 N–H and O–H groups in total. The smallest absolute Gasteiger partial charge is 0.255 e. The lowest BCUT2D eigenvalue weighted by Crippen LogP contribution is -2.30. The van der Waals surface area contributed by atoms with Gasteiger partial charge in [-0.15, -0.1) is 0 Å². The summed E-state index contributed by atoms with van der Waals surface area (Å²) in [7, 11) is 0. The molecule has 0 radical (unpaired) electrons. The van der Waals surface area contributed by atoms with Gasteiger partial charge in [0.2, 0.25) is 5.91 Å². The van der Waals surface area contributed by atoms with E-state index in [4.69, 9.17) is 0 Å². The fourth-order valence-corrected chi connectivity index (χ4v) is 3.09. The largest absolute Gasteiger partial charge is 0.352 e. The van der Waals surface area contributed by atoms with E-state index in [-0.39, 0.29) is 36.9 Å². The molecule has 32 heavy (non-hydrogen) atoms. The maximum Gasteiger partial charge on any atom is 0.255 e. The molecule has 0 spiro atoms. The van der Waals surface area contributed by atoms with Gasteiger partial charge in [-0.25, -0.2) is 4.39 Å². The molecule has 0 bridgehead atoms. The van der Waals surface area contributed by atoms with Gasteiger partial charge in [-0.2, -0.15) is 0 Å². The van der Waals surface area contributed by atoms with Crippen LogP contribution in [0.3, 0.4) is 0 Å². The van der Waals surface area contributed by atoms with Crippen LogP contribution >= 0.6 is 0 Å². The van der Waals surface area contributed by atoms with E-state index in [9.17, 15) is 18.8 Å². The molecular formula is C25H24FN3O3. The van der Waals surface area contributed by atoms with Crippen molar-refractivity contribution in [2.45, 2.75) is 19.9 Å². The molecule has 0 atom stereocenters. The summed E-state index contributed by atoms with van der Waals surface area (Å²) in [5.74, 6) is -1.32. The van der Waals surface area contributed by atoms with Gasteiger partial charge in [0.1, 0.15) is 5.82 Å². The molecule has 3 aromatic carbocycles. The van der Waals surface area contributed by atoms with Crippen LogP contribution < -0.4 is 16.0 Å². The normalized spacial score (nSPS) is 10.3. The Kier molecular flexibility index (Phi) is 7.70. The van der Waals surface area contributed by atoms with Gasteiger partial charge in [0.15, 0.2) is 0 Å². The Balaban J connectivity index is 1.45. The van der Waals surface area contributed by atoms with Gasteiger partial charge in [-0.1, -0.05) is 36.4 Å². The molecule has 0 saturated carbocycles. The topological polar surface area (TPSA) is 87.3 Å². The number of hydrogen-bond acceptors (Lipinski definition) is 3. The number of benzene rings is 3. The van der Waals surface area contributed by atoms with E-state index in [0.717, 1.165) is 17.2 Å². The van der Waals surface area contributed by atoms with Gasteiger partial charge in [0.05, 0.1) is 0 Å². The lowest BCUT2D eigenvalue weighted by molar-refractivity contribution is -0.121. The van der Waals surface area contributed by atoms with E-state index in [1.165, 1.54) is 18.2 Å². The van der Waals surface area contributed by atoms with Crippen LogP contribution in [0.2, 0.25) is 0 Å². The Labute approximate surface area is 185 Å². The number of carbonyl (C=O) groups is 3. The highest BCUT2D eigenvalue weighted by Gasteiger charge is 2.10. The molecule has 0 heterocycles. The molecule has 164 valence electrons. The molecule has 3 amide bonds. The van der Waals surface area contributed by atoms with E-state index in [1.54, 1.807) is 30.3 Å². The number of anilines is 1. The fraction of sp³-hybridized carbons (Fsp3) is 0.160. The Morgan fingerprint density at radius 1 is 0.844 bits per heavy atom. The third-order valence-corrected chi connectivity index (χ3v) is 4.79. The Morgan fingerprint density at radius 2 is 1.62 bits per heavy atom. The summed E-state index contributed by atoms with van der Waals surface area (Å²) in [6.45, 7) is 2.35. The van der Waals surface area contributed by atoms with Gasteiger partial charge in [-0.3, -0.25) is 14.4 Å². The molecule has 0 unspecified atom stereocenters. The van der Waals surface area contributed by atoms with Crippen LogP contribution in [0.25, 0.3) is 0 Å². The standard InChI is InChI=1S/C25H24FN3O3/c1-17-6-2-3-11-22(17)25(32)27-13-12-23(30)28-16-18-7-4-10-21(14-18)29-24(31)19-8-5-9-20(26)15-19/h2-11,14-15H,12-13,16H2,1H3,(H,27,32)(H,28,30)(H,29,31). The molecule has 0 aliphatic heterocycles. The van der Waals surface area contributed by atoms with Crippen LogP contribution in [-0.2, 0) is 11.3 Å². The van der Waals surface area contributed by atoms with Gasteiger partial charge < -0.3 is 16.0 Å². The number of nitrogens with one attached hydrogen (secondary N) is 3. The first-order valence-electron chi connectivity index (χ1n) is 10.2. The summed E-state index contributed by atoms with van der Waals surface area (Å²) in [6.07, 6.45) is 0.146. The number of hydrogen-bond donors (Lipinski definition) is 3. The van der Waals surface area contributed by atoms with Crippen molar-refractivity contribution in [1.82, 2.24) is 10.6 Å². The summed E-state index contributed by atoms with van der Waals surface area (Å²) in [6, 6.07) is 19.7. The SMILES string of the molecule is Cc1ccccc1C(=O)NCCC(=O)NCc1cccc(NC(=O)c2cccc(F)c2)c1. The van der Waals surface area contributed by atoms with Gasteiger partial charge >= 0.3 is 0 Å². The minimum atomic E-state index is -0.482. The van der Waals surface area contributed by atoms with Crippen molar-refractivity contribution in [2.24, 2.45) is 0 Å². The van der Waals surface area contributed by atoms with E-state index < -0.39 is 11.7 Å². The Morgan fingerprint density at radius 3 is 2.41 bits per heavy atom. The lowest BCUT2D eigenvalue weighted by Gasteiger charge is -2.10. The van der Waals surface area contributed by atoms with Crippen LogP contribution in [0.15, 0.2) is 72.8 Å². The van der Waals surface area contributed by atoms with Crippen molar-refractivity contribution < 1.29 is 18.8 Å². The minimum Gasteiger partial charge on any atom is -0.352 e. The average molecular weight is 433 g/mol. The third kappa shape index (κ3) is 6.50. The minimum absolute atomic E-state index is 0.146. The number of amides is 3. The summed E-state index contributed by atoms with van der Waals surface area (Å²) in [5, 5.41) is 8.25. The molecule has 0 aliphatic carbocycles. The second-order valence-corrected chi connectivity index (χ2v) is 7.26. The van der Waals surface area contributed by atoms with Crippen LogP contribution in [0.1, 0.15) is 38.3 Å². The van der Waals surface area contributed by atoms with E-state index in [2.05, 4.69) is 16.0 Å². The highest BCUT2D eigenvalue weighted by atomic mass is 19.1. The second-order valence-electron chi connectivity index (χ2n) is 7.26.